The lowest BCUT2D eigenvalue weighted by molar-refractivity contribution is 0.0744. The van der Waals surface area contributed by atoms with Crippen molar-refractivity contribution in [2.75, 3.05) is 7.11 Å². The molecule has 0 N–H and O–H groups in total. The minimum Gasteiger partial charge on any atom is -0.497 e. The smallest absolute Gasteiger partial charge is 0.255 e. The van der Waals surface area contributed by atoms with Gasteiger partial charge in [-0.15, -0.1) is 11.3 Å². The number of nitriles is 1. The summed E-state index contributed by atoms with van der Waals surface area (Å²) in [5, 5.41) is 12.1. The molecule has 2 heterocycles. The summed E-state index contributed by atoms with van der Waals surface area (Å²) in [6, 6.07) is 6.80. The standard InChI is InChI=1S/C14H11N3O2S/c1-19-9-2-3-10-11(6-9)12(7-15)17(14(10)18)8-13-16-4-5-20-13/h2-6,12H,8H2,1H3. The number of nitrogens with zero attached hydrogens (tertiary/aromatic N) is 3. The van der Waals surface area contributed by atoms with E-state index in [1.54, 1.807) is 36.4 Å². The van der Waals surface area contributed by atoms with Crippen LogP contribution in [0.3, 0.4) is 0 Å². The Morgan fingerprint density at radius 2 is 2.40 bits per heavy atom. The van der Waals surface area contributed by atoms with Gasteiger partial charge in [0.2, 0.25) is 0 Å². The van der Waals surface area contributed by atoms with E-state index in [0.717, 1.165) is 5.01 Å². The van der Waals surface area contributed by atoms with Gasteiger partial charge in [-0.3, -0.25) is 4.79 Å². The Morgan fingerprint density at radius 3 is 3.05 bits per heavy atom. The van der Waals surface area contributed by atoms with Gasteiger partial charge in [0.15, 0.2) is 0 Å². The number of hydrogen-bond acceptors (Lipinski definition) is 5. The Bertz CT molecular complexity index is 691. The third-order valence-corrected chi connectivity index (χ3v) is 4.03. The first-order valence-corrected chi connectivity index (χ1v) is 6.89. The molecule has 0 fully saturated rings. The maximum absolute atomic E-state index is 12.4. The van der Waals surface area contributed by atoms with Crippen molar-refractivity contribution in [3.63, 3.8) is 0 Å². The van der Waals surface area contributed by atoms with Crippen LogP contribution in [0, 0.1) is 11.3 Å². The predicted octanol–water partition coefficient (Wildman–Crippen LogP) is 2.37. The lowest BCUT2D eigenvalue weighted by Crippen LogP contribution is -2.26. The third-order valence-electron chi connectivity index (χ3n) is 3.27. The van der Waals surface area contributed by atoms with Crippen LogP contribution in [0.25, 0.3) is 0 Å². The van der Waals surface area contributed by atoms with E-state index >= 15 is 0 Å². The number of hydrogen-bond donors (Lipinski definition) is 0. The van der Waals surface area contributed by atoms with Crippen LogP contribution in [-0.2, 0) is 6.54 Å². The number of amides is 1. The van der Waals surface area contributed by atoms with E-state index in [1.165, 1.54) is 11.3 Å². The van der Waals surface area contributed by atoms with Gasteiger partial charge < -0.3 is 9.64 Å². The molecule has 100 valence electrons. The van der Waals surface area contributed by atoms with Crippen LogP contribution in [0.1, 0.15) is 27.0 Å². The highest BCUT2D eigenvalue weighted by molar-refractivity contribution is 7.09. The topological polar surface area (TPSA) is 66.2 Å². The van der Waals surface area contributed by atoms with Crippen LogP contribution < -0.4 is 4.74 Å². The highest BCUT2D eigenvalue weighted by atomic mass is 32.1. The molecule has 0 bridgehead atoms. The number of carbonyl (C=O) groups excluding carboxylic acids is 1. The normalized spacial score (nSPS) is 16.9. The van der Waals surface area contributed by atoms with Gasteiger partial charge in [0.25, 0.3) is 5.91 Å². The molecule has 1 aromatic heterocycles. The fraction of sp³-hybridized carbons (Fsp3) is 0.214. The number of fused-ring (bicyclic) bond motifs is 1. The van der Waals surface area contributed by atoms with Gasteiger partial charge in [0.1, 0.15) is 16.8 Å². The molecule has 0 saturated heterocycles. The SMILES string of the molecule is COc1ccc2c(c1)C(C#N)N(Cc1nccs1)C2=O. The maximum atomic E-state index is 12.4. The average Bonchev–Trinajstić information content (AvgIpc) is 3.07. The van der Waals surface area contributed by atoms with Crippen molar-refractivity contribution in [1.29, 1.82) is 5.26 Å². The minimum atomic E-state index is -0.587. The lowest BCUT2D eigenvalue weighted by atomic mass is 10.1. The summed E-state index contributed by atoms with van der Waals surface area (Å²) >= 11 is 1.47. The summed E-state index contributed by atoms with van der Waals surface area (Å²) in [4.78, 5) is 18.1. The van der Waals surface area contributed by atoms with E-state index in [4.69, 9.17) is 4.74 Å². The monoisotopic (exact) mass is 285 g/mol. The molecule has 1 aliphatic rings. The van der Waals surface area contributed by atoms with Crippen LogP contribution in [0.5, 0.6) is 5.75 Å². The second-order valence-corrected chi connectivity index (χ2v) is 5.32. The van der Waals surface area contributed by atoms with Gasteiger partial charge in [-0.1, -0.05) is 0 Å². The minimum absolute atomic E-state index is 0.135. The number of carbonyl (C=O) groups is 1. The molecular formula is C14H11N3O2S. The van der Waals surface area contributed by atoms with E-state index in [0.29, 0.717) is 23.4 Å². The van der Waals surface area contributed by atoms with Gasteiger partial charge in [-0.2, -0.15) is 5.26 Å². The van der Waals surface area contributed by atoms with Crippen LogP contribution in [0.4, 0.5) is 0 Å². The largest absolute Gasteiger partial charge is 0.497 e. The van der Waals surface area contributed by atoms with Crippen LogP contribution in [-0.4, -0.2) is 22.9 Å². The molecule has 0 aliphatic carbocycles. The second kappa shape index (κ2) is 4.94. The molecule has 1 unspecified atom stereocenters. The van der Waals surface area contributed by atoms with E-state index in [2.05, 4.69) is 11.1 Å². The highest BCUT2D eigenvalue weighted by Crippen LogP contribution is 2.36. The Morgan fingerprint density at radius 1 is 1.55 bits per heavy atom. The number of thiazole rings is 1. The Balaban J connectivity index is 1.99. The summed E-state index contributed by atoms with van der Waals surface area (Å²) in [5.74, 6) is 0.511. The lowest BCUT2D eigenvalue weighted by Gasteiger charge is -2.18. The van der Waals surface area contributed by atoms with Crippen molar-refractivity contribution >= 4 is 17.2 Å². The third kappa shape index (κ3) is 1.92. The molecule has 1 atom stereocenters. The van der Waals surface area contributed by atoms with Crippen LogP contribution in [0.15, 0.2) is 29.8 Å². The summed E-state index contributed by atoms with van der Waals surface area (Å²) in [6.45, 7) is 0.353. The highest BCUT2D eigenvalue weighted by Gasteiger charge is 2.37. The maximum Gasteiger partial charge on any atom is 0.255 e. The quantitative estimate of drug-likeness (QED) is 0.868. The zero-order chi connectivity index (χ0) is 14.1. The van der Waals surface area contributed by atoms with Crippen molar-refractivity contribution in [2.24, 2.45) is 0 Å². The molecule has 5 nitrogen and oxygen atoms in total. The van der Waals surface area contributed by atoms with E-state index in [1.807, 2.05) is 5.38 Å². The molecule has 1 aromatic carbocycles. The van der Waals surface area contributed by atoms with Crippen molar-refractivity contribution in [1.82, 2.24) is 9.88 Å². The Hall–Kier alpha value is -2.39. The molecule has 6 heteroatoms. The van der Waals surface area contributed by atoms with Crippen molar-refractivity contribution in [3.8, 4) is 11.8 Å². The molecule has 0 radical (unpaired) electrons. The fourth-order valence-corrected chi connectivity index (χ4v) is 2.92. The van der Waals surface area contributed by atoms with E-state index < -0.39 is 6.04 Å². The molecular weight excluding hydrogens is 274 g/mol. The number of ether oxygens (including phenoxy) is 1. The van der Waals surface area contributed by atoms with E-state index in [-0.39, 0.29) is 5.91 Å². The molecule has 3 rings (SSSR count). The molecule has 2 aromatic rings. The first-order valence-electron chi connectivity index (χ1n) is 6.01. The Labute approximate surface area is 120 Å². The number of benzene rings is 1. The van der Waals surface area contributed by atoms with Crippen molar-refractivity contribution in [3.05, 3.63) is 45.9 Å². The number of methoxy groups -OCH3 is 1. The molecule has 0 saturated carbocycles. The van der Waals surface area contributed by atoms with Crippen LogP contribution in [0.2, 0.25) is 0 Å². The second-order valence-electron chi connectivity index (χ2n) is 4.34. The first-order chi connectivity index (χ1) is 9.74. The fourth-order valence-electron chi connectivity index (χ4n) is 2.31. The zero-order valence-electron chi connectivity index (χ0n) is 10.7. The van der Waals surface area contributed by atoms with Gasteiger partial charge in [0, 0.05) is 22.7 Å². The molecule has 0 spiro atoms. The van der Waals surface area contributed by atoms with Gasteiger partial charge in [-0.25, -0.2) is 4.98 Å². The van der Waals surface area contributed by atoms with Gasteiger partial charge in [0.05, 0.1) is 19.7 Å². The average molecular weight is 285 g/mol. The molecule has 1 amide bonds. The molecule has 20 heavy (non-hydrogen) atoms. The molecule has 1 aliphatic heterocycles. The van der Waals surface area contributed by atoms with E-state index in [9.17, 15) is 10.1 Å². The predicted molar refractivity (Wildman–Crippen MR) is 73.3 cm³/mol. The van der Waals surface area contributed by atoms with Gasteiger partial charge >= 0.3 is 0 Å². The summed E-state index contributed by atoms with van der Waals surface area (Å²) in [6.07, 6.45) is 1.69. The number of rotatable bonds is 3. The Kier molecular flexibility index (Phi) is 3.12. The first kappa shape index (κ1) is 12.6. The summed E-state index contributed by atoms with van der Waals surface area (Å²) in [5.41, 5.74) is 1.27. The van der Waals surface area contributed by atoms with Crippen molar-refractivity contribution in [2.45, 2.75) is 12.6 Å². The zero-order valence-corrected chi connectivity index (χ0v) is 11.6. The van der Waals surface area contributed by atoms with Crippen LogP contribution >= 0.6 is 11.3 Å². The summed E-state index contributed by atoms with van der Waals surface area (Å²) < 4.78 is 5.16. The van der Waals surface area contributed by atoms with Gasteiger partial charge in [-0.05, 0) is 18.2 Å². The van der Waals surface area contributed by atoms with Crippen molar-refractivity contribution < 1.29 is 9.53 Å². The number of aromatic nitrogens is 1. The summed E-state index contributed by atoms with van der Waals surface area (Å²) in [7, 11) is 1.56.